The van der Waals surface area contributed by atoms with Gasteiger partial charge in [-0.3, -0.25) is 4.79 Å². The Morgan fingerprint density at radius 1 is 1.00 bits per heavy atom. The van der Waals surface area contributed by atoms with Crippen LogP contribution < -0.4 is 10.1 Å². The number of amides is 1. The quantitative estimate of drug-likeness (QED) is 0.481. The summed E-state index contributed by atoms with van der Waals surface area (Å²) < 4.78 is 33.4. The summed E-state index contributed by atoms with van der Waals surface area (Å²) in [7, 11) is -3.93. The highest BCUT2D eigenvalue weighted by Gasteiger charge is 2.27. The van der Waals surface area contributed by atoms with E-state index < -0.39 is 15.9 Å². The van der Waals surface area contributed by atoms with Crippen molar-refractivity contribution in [2.75, 3.05) is 18.5 Å². The molecule has 168 valence electrons. The summed E-state index contributed by atoms with van der Waals surface area (Å²) in [5, 5.41) is 3.31. The van der Waals surface area contributed by atoms with E-state index in [1.54, 1.807) is 72.8 Å². The van der Waals surface area contributed by atoms with Crippen molar-refractivity contribution in [3.8, 4) is 5.75 Å². The van der Waals surface area contributed by atoms with Gasteiger partial charge in [-0.2, -0.15) is 4.31 Å². The molecule has 3 aromatic carbocycles. The molecule has 1 N–H and O–H groups in total. The number of aryl methyl sites for hydroxylation is 1. The molecular weight excluding hydrogens is 448 g/mol. The molecule has 0 atom stereocenters. The van der Waals surface area contributed by atoms with Gasteiger partial charge in [0.15, 0.2) is 0 Å². The number of benzene rings is 3. The predicted octanol–water partition coefficient (Wildman–Crippen LogP) is 4.88. The first-order valence-corrected chi connectivity index (χ1v) is 11.9. The third-order valence-corrected chi connectivity index (χ3v) is 6.77. The van der Waals surface area contributed by atoms with Crippen LogP contribution in [0.5, 0.6) is 5.75 Å². The van der Waals surface area contributed by atoms with Crippen LogP contribution >= 0.6 is 11.6 Å². The second kappa shape index (κ2) is 10.6. The zero-order valence-electron chi connectivity index (χ0n) is 17.9. The summed E-state index contributed by atoms with van der Waals surface area (Å²) >= 11 is 5.96. The average molecular weight is 473 g/mol. The SMILES string of the molecule is CCOc1ccccc1NC(=O)CN(Cc1ccc(Cl)cc1)S(=O)(=O)c1ccc(C)cc1. The molecule has 0 saturated heterocycles. The lowest BCUT2D eigenvalue weighted by atomic mass is 10.2. The maximum atomic E-state index is 13.4. The van der Waals surface area contributed by atoms with E-state index in [9.17, 15) is 13.2 Å². The molecule has 0 aliphatic carbocycles. The van der Waals surface area contributed by atoms with Crippen LogP contribution in [0, 0.1) is 6.92 Å². The van der Waals surface area contributed by atoms with Crippen LogP contribution in [0.25, 0.3) is 0 Å². The largest absolute Gasteiger partial charge is 0.492 e. The molecule has 0 aliphatic rings. The number of para-hydroxylation sites is 2. The number of nitrogens with one attached hydrogen (secondary N) is 1. The Kier molecular flexibility index (Phi) is 7.90. The molecule has 0 radical (unpaired) electrons. The van der Waals surface area contributed by atoms with Crippen LogP contribution in [0.15, 0.2) is 77.7 Å². The van der Waals surface area contributed by atoms with E-state index in [0.29, 0.717) is 28.6 Å². The van der Waals surface area contributed by atoms with Gasteiger partial charge in [0.05, 0.1) is 23.7 Å². The van der Waals surface area contributed by atoms with Gasteiger partial charge >= 0.3 is 0 Å². The molecule has 0 unspecified atom stereocenters. The summed E-state index contributed by atoms with van der Waals surface area (Å²) in [6.45, 7) is 3.83. The molecule has 0 spiro atoms. The lowest BCUT2D eigenvalue weighted by Gasteiger charge is -2.22. The first-order valence-electron chi connectivity index (χ1n) is 10.1. The molecule has 0 fully saturated rings. The van der Waals surface area contributed by atoms with Crippen LogP contribution in [0.3, 0.4) is 0 Å². The maximum Gasteiger partial charge on any atom is 0.243 e. The number of rotatable bonds is 9. The standard InChI is InChI=1S/C24H25ClN2O4S/c1-3-31-23-7-5-4-6-22(23)26-24(28)17-27(16-19-10-12-20(25)13-11-19)32(29,30)21-14-8-18(2)9-15-21/h4-15H,3,16-17H2,1-2H3,(H,26,28). The van der Waals surface area contributed by atoms with Gasteiger partial charge in [0, 0.05) is 11.6 Å². The molecule has 0 aliphatic heterocycles. The molecule has 3 rings (SSSR count). The van der Waals surface area contributed by atoms with Crippen molar-refractivity contribution >= 4 is 33.2 Å². The Hall–Kier alpha value is -2.87. The summed E-state index contributed by atoms with van der Waals surface area (Å²) in [4.78, 5) is 13.0. The van der Waals surface area contributed by atoms with Gasteiger partial charge in [-0.25, -0.2) is 8.42 Å². The van der Waals surface area contributed by atoms with Crippen molar-refractivity contribution in [3.63, 3.8) is 0 Å². The van der Waals surface area contributed by atoms with E-state index >= 15 is 0 Å². The second-order valence-corrected chi connectivity index (χ2v) is 9.56. The number of hydrogen-bond acceptors (Lipinski definition) is 4. The van der Waals surface area contributed by atoms with E-state index in [0.717, 1.165) is 9.87 Å². The third-order valence-electron chi connectivity index (χ3n) is 4.71. The van der Waals surface area contributed by atoms with Crippen molar-refractivity contribution in [1.82, 2.24) is 4.31 Å². The smallest absolute Gasteiger partial charge is 0.243 e. The minimum absolute atomic E-state index is 0.0217. The zero-order valence-corrected chi connectivity index (χ0v) is 19.5. The van der Waals surface area contributed by atoms with E-state index in [1.807, 2.05) is 13.8 Å². The number of carbonyl (C=O) groups excluding carboxylic acids is 1. The topological polar surface area (TPSA) is 75.7 Å². The molecule has 1 amide bonds. The van der Waals surface area contributed by atoms with Crippen molar-refractivity contribution in [2.24, 2.45) is 0 Å². The van der Waals surface area contributed by atoms with Crippen LogP contribution in [-0.4, -0.2) is 31.8 Å². The Labute approximate surface area is 193 Å². The monoisotopic (exact) mass is 472 g/mol. The van der Waals surface area contributed by atoms with Crippen LogP contribution in [0.2, 0.25) is 5.02 Å². The maximum absolute atomic E-state index is 13.4. The summed E-state index contributed by atoms with van der Waals surface area (Å²) in [5.41, 5.74) is 2.14. The molecule has 8 heteroatoms. The molecule has 6 nitrogen and oxygen atoms in total. The summed E-state index contributed by atoms with van der Waals surface area (Å²) in [6, 6.07) is 20.4. The molecule has 3 aromatic rings. The van der Waals surface area contributed by atoms with Gasteiger partial charge in [-0.1, -0.05) is 53.6 Å². The molecular formula is C24H25ClN2O4S. The fourth-order valence-electron chi connectivity index (χ4n) is 3.08. The first kappa shape index (κ1) is 23.8. The van der Waals surface area contributed by atoms with Gasteiger partial charge in [0.1, 0.15) is 5.75 Å². The highest BCUT2D eigenvalue weighted by atomic mass is 35.5. The Bertz CT molecular complexity index is 1160. The zero-order chi connectivity index (χ0) is 23.1. The van der Waals surface area contributed by atoms with Crippen LogP contribution in [0.1, 0.15) is 18.1 Å². The Balaban J connectivity index is 1.87. The van der Waals surface area contributed by atoms with E-state index in [4.69, 9.17) is 16.3 Å². The van der Waals surface area contributed by atoms with E-state index in [2.05, 4.69) is 5.32 Å². The molecule has 0 heterocycles. The number of carbonyl (C=O) groups is 1. The van der Waals surface area contributed by atoms with E-state index in [1.165, 1.54) is 0 Å². The second-order valence-electron chi connectivity index (χ2n) is 7.19. The molecule has 0 bridgehead atoms. The highest BCUT2D eigenvalue weighted by Crippen LogP contribution is 2.24. The Morgan fingerprint density at radius 3 is 2.31 bits per heavy atom. The van der Waals surface area contributed by atoms with Crippen LogP contribution in [-0.2, 0) is 21.4 Å². The van der Waals surface area contributed by atoms with Crippen molar-refractivity contribution in [3.05, 3.63) is 88.9 Å². The molecule has 0 aromatic heterocycles. The number of halogens is 1. The molecule has 0 saturated carbocycles. The summed E-state index contributed by atoms with van der Waals surface area (Å²) in [6.07, 6.45) is 0. The molecule has 32 heavy (non-hydrogen) atoms. The normalized spacial score (nSPS) is 11.4. The van der Waals surface area contributed by atoms with Gasteiger partial charge < -0.3 is 10.1 Å². The van der Waals surface area contributed by atoms with Crippen molar-refractivity contribution < 1.29 is 17.9 Å². The highest BCUT2D eigenvalue weighted by molar-refractivity contribution is 7.89. The van der Waals surface area contributed by atoms with Crippen molar-refractivity contribution in [1.29, 1.82) is 0 Å². The number of sulfonamides is 1. The third kappa shape index (κ3) is 6.09. The number of anilines is 1. The lowest BCUT2D eigenvalue weighted by molar-refractivity contribution is -0.116. The Morgan fingerprint density at radius 2 is 1.66 bits per heavy atom. The van der Waals surface area contributed by atoms with Gasteiger partial charge in [0.2, 0.25) is 15.9 Å². The van der Waals surface area contributed by atoms with Crippen LogP contribution in [0.4, 0.5) is 5.69 Å². The minimum atomic E-state index is -3.93. The predicted molar refractivity (Wildman–Crippen MR) is 126 cm³/mol. The number of nitrogens with zero attached hydrogens (tertiary/aromatic N) is 1. The fraction of sp³-hybridized carbons (Fsp3) is 0.208. The van der Waals surface area contributed by atoms with Gasteiger partial charge in [0.25, 0.3) is 0 Å². The lowest BCUT2D eigenvalue weighted by Crippen LogP contribution is -2.37. The number of ether oxygens (including phenoxy) is 1. The van der Waals surface area contributed by atoms with Gasteiger partial charge in [-0.15, -0.1) is 0 Å². The minimum Gasteiger partial charge on any atom is -0.492 e. The van der Waals surface area contributed by atoms with Gasteiger partial charge in [-0.05, 0) is 55.8 Å². The van der Waals surface area contributed by atoms with E-state index in [-0.39, 0.29) is 18.0 Å². The number of hydrogen-bond donors (Lipinski definition) is 1. The first-order chi connectivity index (χ1) is 15.3. The fourth-order valence-corrected chi connectivity index (χ4v) is 4.59. The van der Waals surface area contributed by atoms with Crippen molar-refractivity contribution in [2.45, 2.75) is 25.3 Å². The summed E-state index contributed by atoms with van der Waals surface area (Å²) in [5.74, 6) is 0.0517. The average Bonchev–Trinajstić information content (AvgIpc) is 2.76.